The molecule has 8 heteroatoms. The number of pyridine rings is 1. The molecule has 8 nitrogen and oxygen atoms in total. The van der Waals surface area contributed by atoms with Crippen molar-refractivity contribution < 1.29 is 4.74 Å². The Balaban J connectivity index is 1.57. The van der Waals surface area contributed by atoms with Crippen LogP contribution in [0.1, 0.15) is 12.8 Å². The van der Waals surface area contributed by atoms with Crippen molar-refractivity contribution in [3.05, 3.63) is 59.4 Å². The monoisotopic (exact) mass is 364 g/mol. The summed E-state index contributed by atoms with van der Waals surface area (Å²) in [5, 5.41) is 0. The highest BCUT2D eigenvalue weighted by Gasteiger charge is 2.24. The number of nitrogens with zero attached hydrogens (tertiary/aromatic N) is 6. The van der Waals surface area contributed by atoms with Crippen molar-refractivity contribution in [2.45, 2.75) is 18.9 Å². The largest absolute Gasteiger partial charge is 0.459 e. The van der Waals surface area contributed by atoms with Crippen LogP contribution in [0.5, 0.6) is 6.01 Å². The minimum absolute atomic E-state index is 0.0699. The average Bonchev–Trinajstić information content (AvgIpc) is 2.73. The van der Waals surface area contributed by atoms with Crippen LogP contribution >= 0.6 is 0 Å². The van der Waals surface area contributed by atoms with Gasteiger partial charge < -0.3 is 9.64 Å². The lowest BCUT2D eigenvalue weighted by atomic mass is 10.1. The fourth-order valence-corrected chi connectivity index (χ4v) is 3.13. The van der Waals surface area contributed by atoms with E-state index in [1.54, 1.807) is 25.5 Å². The van der Waals surface area contributed by atoms with Crippen molar-refractivity contribution in [1.82, 2.24) is 24.5 Å². The fourth-order valence-electron chi connectivity index (χ4n) is 3.13. The summed E-state index contributed by atoms with van der Waals surface area (Å²) in [6.07, 6.45) is 6.66. The van der Waals surface area contributed by atoms with E-state index in [9.17, 15) is 4.79 Å². The van der Waals surface area contributed by atoms with Gasteiger partial charge in [-0.05, 0) is 31.0 Å². The van der Waals surface area contributed by atoms with Gasteiger partial charge in [0.2, 0.25) is 0 Å². The van der Waals surface area contributed by atoms with E-state index >= 15 is 0 Å². The van der Waals surface area contributed by atoms with Crippen molar-refractivity contribution in [3.8, 4) is 17.4 Å². The van der Waals surface area contributed by atoms with Crippen molar-refractivity contribution in [2.24, 2.45) is 7.05 Å². The van der Waals surface area contributed by atoms with Crippen molar-refractivity contribution in [1.29, 1.82) is 0 Å². The maximum atomic E-state index is 12.3. The first-order valence-corrected chi connectivity index (χ1v) is 8.88. The van der Waals surface area contributed by atoms with Gasteiger partial charge in [-0.3, -0.25) is 9.36 Å². The van der Waals surface area contributed by atoms with Gasteiger partial charge in [-0.1, -0.05) is 6.07 Å². The Bertz CT molecular complexity index is 961. The molecular formula is C19H20N6O2. The molecule has 1 fully saturated rings. The van der Waals surface area contributed by atoms with E-state index in [1.165, 1.54) is 17.0 Å². The molecule has 0 N–H and O–H groups in total. The lowest BCUT2D eigenvalue weighted by molar-refractivity contribution is 0.156. The molecule has 0 aliphatic carbocycles. The van der Waals surface area contributed by atoms with Gasteiger partial charge in [0.15, 0.2) is 0 Å². The molecular weight excluding hydrogens is 344 g/mol. The van der Waals surface area contributed by atoms with Crippen LogP contribution < -0.4 is 15.2 Å². The van der Waals surface area contributed by atoms with Crippen LogP contribution in [0.2, 0.25) is 0 Å². The number of rotatable bonds is 4. The number of ether oxygens (including phenoxy) is 1. The zero-order chi connectivity index (χ0) is 18.6. The Morgan fingerprint density at radius 1 is 1.15 bits per heavy atom. The number of aromatic nitrogens is 5. The smallest absolute Gasteiger partial charge is 0.299 e. The highest BCUT2D eigenvalue weighted by atomic mass is 16.5. The quantitative estimate of drug-likeness (QED) is 0.696. The molecule has 138 valence electrons. The maximum absolute atomic E-state index is 12.3. The van der Waals surface area contributed by atoms with Crippen LogP contribution in [0.25, 0.3) is 11.4 Å². The van der Waals surface area contributed by atoms with E-state index in [0.717, 1.165) is 25.2 Å². The molecule has 0 amide bonds. The highest BCUT2D eigenvalue weighted by molar-refractivity contribution is 5.52. The summed E-state index contributed by atoms with van der Waals surface area (Å²) in [6, 6.07) is 9.34. The van der Waals surface area contributed by atoms with Crippen molar-refractivity contribution in [2.75, 3.05) is 18.0 Å². The predicted molar refractivity (Wildman–Crippen MR) is 101 cm³/mol. The van der Waals surface area contributed by atoms with Gasteiger partial charge in [-0.25, -0.2) is 15.0 Å². The second-order valence-corrected chi connectivity index (χ2v) is 6.43. The normalized spacial score (nSPS) is 16.9. The minimum atomic E-state index is -0.189. The SMILES string of the molecule is Cn1c(OC2CCCN(c3ccccn3)C2)nc(-c2ccncn2)cc1=O. The molecule has 3 aromatic heterocycles. The highest BCUT2D eigenvalue weighted by Crippen LogP contribution is 2.21. The number of piperidine rings is 1. The third-order valence-corrected chi connectivity index (χ3v) is 4.56. The van der Waals surface area contributed by atoms with Crippen molar-refractivity contribution >= 4 is 5.82 Å². The van der Waals surface area contributed by atoms with Crippen LogP contribution in [-0.4, -0.2) is 43.7 Å². The topological polar surface area (TPSA) is 86.0 Å². The first kappa shape index (κ1) is 17.1. The zero-order valence-corrected chi connectivity index (χ0v) is 15.0. The third-order valence-electron chi connectivity index (χ3n) is 4.56. The van der Waals surface area contributed by atoms with Gasteiger partial charge in [0, 0.05) is 32.1 Å². The summed E-state index contributed by atoms with van der Waals surface area (Å²) >= 11 is 0. The van der Waals surface area contributed by atoms with Gasteiger partial charge in [0.05, 0.1) is 17.9 Å². The van der Waals surface area contributed by atoms with Gasteiger partial charge in [-0.15, -0.1) is 0 Å². The molecule has 0 bridgehead atoms. The standard InChI is InChI=1S/C19H20N6O2/c1-24-18(26)11-16(15-7-9-20-13-22-15)23-19(24)27-14-5-4-10-25(12-14)17-6-2-3-8-21-17/h2-3,6-9,11,13-14H,4-5,10,12H2,1H3. The summed E-state index contributed by atoms with van der Waals surface area (Å²) < 4.78 is 7.54. The van der Waals surface area contributed by atoms with Crippen LogP contribution in [0.3, 0.4) is 0 Å². The van der Waals surface area contributed by atoms with Gasteiger partial charge in [0.1, 0.15) is 18.2 Å². The summed E-state index contributed by atoms with van der Waals surface area (Å²) in [6.45, 7) is 1.63. The molecule has 1 aliphatic rings. The van der Waals surface area contributed by atoms with Crippen molar-refractivity contribution in [3.63, 3.8) is 0 Å². The summed E-state index contributed by atoms with van der Waals surface area (Å²) in [5.74, 6) is 0.933. The average molecular weight is 364 g/mol. The van der Waals surface area contributed by atoms with E-state index in [-0.39, 0.29) is 11.7 Å². The van der Waals surface area contributed by atoms with Crippen LogP contribution in [0.4, 0.5) is 5.82 Å². The van der Waals surface area contributed by atoms with Crippen LogP contribution in [0, 0.1) is 0 Å². The predicted octanol–water partition coefficient (Wildman–Crippen LogP) is 1.68. The van der Waals surface area contributed by atoms with Gasteiger partial charge >= 0.3 is 0 Å². The number of hydrogen-bond donors (Lipinski definition) is 0. The molecule has 0 radical (unpaired) electrons. The maximum Gasteiger partial charge on any atom is 0.299 e. The lowest BCUT2D eigenvalue weighted by Gasteiger charge is -2.33. The van der Waals surface area contributed by atoms with E-state index in [2.05, 4.69) is 24.8 Å². The van der Waals surface area contributed by atoms with E-state index in [4.69, 9.17) is 4.74 Å². The summed E-state index contributed by atoms with van der Waals surface area (Å²) in [7, 11) is 1.66. The molecule has 4 rings (SSSR count). The second-order valence-electron chi connectivity index (χ2n) is 6.43. The van der Waals surface area contributed by atoms with E-state index < -0.39 is 0 Å². The Hall–Kier alpha value is -3.29. The van der Waals surface area contributed by atoms with Gasteiger partial charge in [-0.2, -0.15) is 4.98 Å². The molecule has 0 spiro atoms. The van der Waals surface area contributed by atoms with E-state index in [0.29, 0.717) is 23.9 Å². The molecule has 0 aromatic carbocycles. The first-order chi connectivity index (χ1) is 13.2. The second kappa shape index (κ2) is 7.53. The number of anilines is 1. The molecule has 3 aromatic rings. The fraction of sp³-hybridized carbons (Fsp3) is 0.316. The molecule has 1 aliphatic heterocycles. The minimum Gasteiger partial charge on any atom is -0.459 e. The Kier molecular flexibility index (Phi) is 4.78. The summed E-state index contributed by atoms with van der Waals surface area (Å²) in [5.41, 5.74) is 0.880. The molecule has 4 heterocycles. The first-order valence-electron chi connectivity index (χ1n) is 8.88. The van der Waals surface area contributed by atoms with Crippen LogP contribution in [0.15, 0.2) is 53.8 Å². The summed E-state index contributed by atoms with van der Waals surface area (Å²) in [4.78, 5) is 31.5. The Morgan fingerprint density at radius 2 is 2.07 bits per heavy atom. The van der Waals surface area contributed by atoms with Gasteiger partial charge in [0.25, 0.3) is 11.6 Å². The number of hydrogen-bond acceptors (Lipinski definition) is 7. The molecule has 27 heavy (non-hydrogen) atoms. The third kappa shape index (κ3) is 3.79. The van der Waals surface area contributed by atoms with E-state index in [1.807, 2.05) is 18.2 Å². The molecule has 1 atom stereocenters. The zero-order valence-electron chi connectivity index (χ0n) is 15.0. The lowest BCUT2D eigenvalue weighted by Crippen LogP contribution is -2.42. The van der Waals surface area contributed by atoms with Crippen LogP contribution in [-0.2, 0) is 7.05 Å². The molecule has 1 saturated heterocycles. The molecule has 1 unspecified atom stereocenters. The Morgan fingerprint density at radius 3 is 2.85 bits per heavy atom. The Labute approximate surface area is 156 Å². The molecule has 0 saturated carbocycles.